The zero-order chi connectivity index (χ0) is 30.1. The van der Waals surface area contributed by atoms with E-state index < -0.39 is 22.3 Å². The van der Waals surface area contributed by atoms with Gasteiger partial charge >= 0.3 is 0 Å². The molecule has 0 radical (unpaired) electrons. The fraction of sp³-hybridized carbons (Fsp3) is 0.967. The van der Waals surface area contributed by atoms with Crippen LogP contribution >= 0.6 is 34.8 Å². The van der Waals surface area contributed by atoms with Gasteiger partial charge in [-0.1, -0.05) is 104 Å². The van der Waals surface area contributed by atoms with Crippen molar-refractivity contribution >= 4 is 40.7 Å². The van der Waals surface area contributed by atoms with Crippen molar-refractivity contribution < 1.29 is 28.4 Å². The van der Waals surface area contributed by atoms with Crippen LogP contribution in [0.5, 0.6) is 0 Å². The van der Waals surface area contributed by atoms with E-state index in [2.05, 4.69) is 55.4 Å². The summed E-state index contributed by atoms with van der Waals surface area (Å²) < 4.78 is 36.7. The molecule has 0 aliphatic carbocycles. The lowest BCUT2D eigenvalue weighted by Gasteiger charge is -2.51. The number of hydrogen-bond donors (Lipinski definition) is 1. The highest BCUT2D eigenvalue weighted by atomic mass is 35.6. The van der Waals surface area contributed by atoms with Crippen molar-refractivity contribution in [3.8, 4) is 0 Å². The largest absolute Gasteiger partial charge is 0.448 e. The van der Waals surface area contributed by atoms with E-state index in [0.717, 1.165) is 12.8 Å². The van der Waals surface area contributed by atoms with Crippen LogP contribution in [0.3, 0.4) is 0 Å². The molecule has 0 saturated carbocycles. The molecular weight excluding hydrogens is 577 g/mol. The highest BCUT2D eigenvalue weighted by Gasteiger charge is 2.50. The first kappa shape index (κ1) is 34.6. The monoisotopic (exact) mass is 627 g/mol. The molecule has 3 rings (SSSR count). The van der Waals surface area contributed by atoms with Crippen LogP contribution in [-0.4, -0.2) is 59.1 Å². The second-order valence-electron chi connectivity index (χ2n) is 12.5. The molecule has 0 spiro atoms. The van der Waals surface area contributed by atoms with Crippen LogP contribution in [-0.2, 0) is 28.4 Å². The molecule has 234 valence electrons. The van der Waals surface area contributed by atoms with Crippen molar-refractivity contribution in [3.05, 3.63) is 0 Å². The molecule has 15 atom stereocenters. The Labute approximate surface area is 257 Å². The van der Waals surface area contributed by atoms with Crippen molar-refractivity contribution in [1.82, 2.24) is 0 Å². The molecule has 0 aromatic rings. The third-order valence-electron chi connectivity index (χ3n) is 10.2. The van der Waals surface area contributed by atoms with Gasteiger partial charge in [-0.2, -0.15) is 0 Å². The molecule has 3 aliphatic heterocycles. The van der Waals surface area contributed by atoms with E-state index >= 15 is 0 Å². The molecule has 0 aromatic heterocycles. The predicted molar refractivity (Wildman–Crippen MR) is 160 cm³/mol. The van der Waals surface area contributed by atoms with E-state index in [1.807, 2.05) is 13.8 Å². The molecule has 15 unspecified atom stereocenters. The van der Waals surface area contributed by atoms with E-state index in [1.165, 1.54) is 0 Å². The van der Waals surface area contributed by atoms with Gasteiger partial charge in [-0.05, 0) is 42.9 Å². The maximum Gasteiger partial charge on any atom is 0.265 e. The Morgan fingerprint density at radius 1 is 0.575 bits per heavy atom. The van der Waals surface area contributed by atoms with E-state index in [4.69, 9.17) is 68.6 Å². The van der Waals surface area contributed by atoms with Gasteiger partial charge in [-0.25, -0.2) is 0 Å². The minimum atomic E-state index is -1.94. The molecule has 10 heteroatoms. The molecule has 0 amide bonds. The standard InChI is InChI=1S/C30H52Cl3NO6/c1-11-21-15(5)14(4)18(8)26(35-21)38-24-16(6)19(9)27(36-22(24)12-2)39-25-17(7)20(10)28(37-23(25)13-3)40-29(34)30(31,32)33/h14-28,34H,11-13H2,1-10H3. The third-order valence-corrected chi connectivity index (χ3v) is 10.7. The summed E-state index contributed by atoms with van der Waals surface area (Å²) in [6, 6.07) is 0. The van der Waals surface area contributed by atoms with E-state index in [1.54, 1.807) is 0 Å². The molecule has 3 fully saturated rings. The second kappa shape index (κ2) is 14.3. The number of ether oxygens (including phenoxy) is 6. The molecule has 3 aliphatic rings. The summed E-state index contributed by atoms with van der Waals surface area (Å²) >= 11 is 17.5. The van der Waals surface area contributed by atoms with Gasteiger partial charge in [0.2, 0.25) is 12.2 Å². The van der Waals surface area contributed by atoms with Crippen LogP contribution in [0, 0.1) is 46.8 Å². The first-order valence-corrected chi connectivity index (χ1v) is 16.4. The molecule has 7 nitrogen and oxygen atoms in total. The Bertz CT molecular complexity index is 824. The van der Waals surface area contributed by atoms with Gasteiger partial charge in [-0.15, -0.1) is 0 Å². The Morgan fingerprint density at radius 3 is 1.38 bits per heavy atom. The zero-order valence-corrected chi connectivity index (χ0v) is 28.1. The molecular formula is C30H52Cl3NO6. The Hall–Kier alpha value is 0.140. The molecule has 1 N–H and O–H groups in total. The summed E-state index contributed by atoms with van der Waals surface area (Å²) in [7, 11) is 0. The van der Waals surface area contributed by atoms with Gasteiger partial charge in [0.1, 0.15) is 0 Å². The number of nitrogens with one attached hydrogen (secondary N) is 1. The minimum Gasteiger partial charge on any atom is -0.448 e. The lowest BCUT2D eigenvalue weighted by Crippen LogP contribution is -2.58. The van der Waals surface area contributed by atoms with Gasteiger partial charge in [0.15, 0.2) is 12.6 Å². The normalized spacial score (nSPS) is 46.7. The van der Waals surface area contributed by atoms with Crippen LogP contribution in [0.1, 0.15) is 88.5 Å². The number of hydrogen-bond acceptors (Lipinski definition) is 7. The predicted octanol–water partition coefficient (Wildman–Crippen LogP) is 7.98. The summed E-state index contributed by atoms with van der Waals surface area (Å²) in [4.78, 5) is 0. The third kappa shape index (κ3) is 7.43. The first-order chi connectivity index (χ1) is 18.7. The van der Waals surface area contributed by atoms with Gasteiger partial charge in [-0.3, -0.25) is 5.41 Å². The molecule has 3 heterocycles. The Morgan fingerprint density at radius 2 is 0.950 bits per heavy atom. The lowest BCUT2D eigenvalue weighted by molar-refractivity contribution is -0.345. The van der Waals surface area contributed by atoms with Crippen LogP contribution in [0.2, 0.25) is 0 Å². The summed E-state index contributed by atoms with van der Waals surface area (Å²) in [6.07, 6.45) is 0.674. The number of rotatable bonds is 8. The van der Waals surface area contributed by atoms with Crippen molar-refractivity contribution in [1.29, 1.82) is 5.41 Å². The van der Waals surface area contributed by atoms with Crippen LogP contribution < -0.4 is 0 Å². The maximum atomic E-state index is 8.00. The van der Waals surface area contributed by atoms with Crippen LogP contribution in [0.15, 0.2) is 0 Å². The van der Waals surface area contributed by atoms with Crippen molar-refractivity contribution in [2.75, 3.05) is 0 Å². The summed E-state index contributed by atoms with van der Waals surface area (Å²) in [6.45, 7) is 21.7. The smallest absolute Gasteiger partial charge is 0.265 e. The maximum absolute atomic E-state index is 8.00. The van der Waals surface area contributed by atoms with Gasteiger partial charge in [0.25, 0.3) is 3.79 Å². The summed E-state index contributed by atoms with van der Waals surface area (Å²) in [5, 5.41) is 8.00. The molecule has 3 saturated heterocycles. The fourth-order valence-corrected chi connectivity index (χ4v) is 6.63. The average molecular weight is 629 g/mol. The van der Waals surface area contributed by atoms with Crippen molar-refractivity contribution in [2.45, 2.75) is 142 Å². The van der Waals surface area contributed by atoms with Gasteiger partial charge in [0, 0.05) is 17.8 Å². The topological polar surface area (TPSA) is 79.2 Å². The minimum absolute atomic E-state index is 0.0537. The van der Waals surface area contributed by atoms with E-state index in [9.17, 15) is 0 Å². The fourth-order valence-electron chi connectivity index (χ4n) is 6.49. The number of alkyl halides is 3. The van der Waals surface area contributed by atoms with Crippen LogP contribution in [0.25, 0.3) is 0 Å². The summed E-state index contributed by atoms with van der Waals surface area (Å²) in [5.74, 6) is 1.12. The van der Waals surface area contributed by atoms with Crippen molar-refractivity contribution in [3.63, 3.8) is 0 Å². The van der Waals surface area contributed by atoms with E-state index in [0.29, 0.717) is 24.2 Å². The zero-order valence-electron chi connectivity index (χ0n) is 25.9. The van der Waals surface area contributed by atoms with Crippen LogP contribution in [0.4, 0.5) is 0 Å². The highest BCUT2D eigenvalue weighted by molar-refractivity contribution is 6.76. The molecule has 40 heavy (non-hydrogen) atoms. The lowest BCUT2D eigenvalue weighted by atomic mass is 9.78. The average Bonchev–Trinajstić information content (AvgIpc) is 2.91. The van der Waals surface area contributed by atoms with Gasteiger partial charge in [0.05, 0.1) is 30.5 Å². The summed E-state index contributed by atoms with van der Waals surface area (Å²) in [5.41, 5.74) is 0. The SMILES string of the molecule is CCC1OC(OC2C(CC)OC(OC3C(CC)OC(OC(=N)C(Cl)(Cl)Cl)C(C)C3C)C(C)C2C)C(C)C(C)C1C. The Kier molecular flexibility index (Phi) is 12.4. The molecule has 0 bridgehead atoms. The first-order valence-electron chi connectivity index (χ1n) is 15.3. The highest BCUT2D eigenvalue weighted by Crippen LogP contribution is 2.43. The second-order valence-corrected chi connectivity index (χ2v) is 14.8. The van der Waals surface area contributed by atoms with E-state index in [-0.39, 0.29) is 60.5 Å². The number of halogens is 3. The molecule has 0 aromatic carbocycles. The van der Waals surface area contributed by atoms with Gasteiger partial charge < -0.3 is 28.4 Å². The Balaban J connectivity index is 1.71. The quantitative estimate of drug-likeness (QED) is 0.167. The van der Waals surface area contributed by atoms with Crippen molar-refractivity contribution in [2.24, 2.45) is 41.4 Å².